The van der Waals surface area contributed by atoms with Gasteiger partial charge in [0.25, 0.3) is 0 Å². The predicted molar refractivity (Wildman–Crippen MR) is 96.2 cm³/mol. The normalized spacial score (nSPS) is 11.8. The number of methoxy groups -OCH3 is 1. The first-order valence-corrected chi connectivity index (χ1v) is 8.04. The highest BCUT2D eigenvalue weighted by Crippen LogP contribution is 2.24. The van der Waals surface area contributed by atoms with Gasteiger partial charge in [-0.3, -0.25) is 4.99 Å². The van der Waals surface area contributed by atoms with Gasteiger partial charge in [0.15, 0.2) is 0 Å². The lowest BCUT2D eigenvalue weighted by atomic mass is 10.1. The van der Waals surface area contributed by atoms with Crippen molar-refractivity contribution in [3.05, 3.63) is 84.1 Å². The van der Waals surface area contributed by atoms with E-state index in [0.717, 1.165) is 39.2 Å². The molecule has 0 aliphatic rings. The fourth-order valence-electron chi connectivity index (χ4n) is 2.71. The maximum Gasteiger partial charge on any atom is 0.136 e. The molecule has 0 unspecified atom stereocenters. The SMILES string of the molecule is COc1ccc(-c2cc(=NCc3ccco3)c3ccccc3o2)cc1. The maximum absolute atomic E-state index is 6.07. The number of nitrogens with zero attached hydrogens (tertiary/aromatic N) is 1. The minimum absolute atomic E-state index is 0.489. The second-order valence-electron chi connectivity index (χ2n) is 5.62. The molecular weight excluding hydrogens is 314 g/mol. The van der Waals surface area contributed by atoms with Gasteiger partial charge in [-0.05, 0) is 48.5 Å². The van der Waals surface area contributed by atoms with Crippen LogP contribution in [0.25, 0.3) is 22.3 Å². The third kappa shape index (κ3) is 3.19. The van der Waals surface area contributed by atoms with Crippen molar-refractivity contribution in [2.45, 2.75) is 6.54 Å². The molecule has 0 bridgehead atoms. The number of benzene rings is 2. The van der Waals surface area contributed by atoms with Crippen molar-refractivity contribution in [2.75, 3.05) is 7.11 Å². The van der Waals surface area contributed by atoms with Gasteiger partial charge in [0.1, 0.15) is 22.9 Å². The van der Waals surface area contributed by atoms with Gasteiger partial charge in [0, 0.05) is 17.0 Å². The topological polar surface area (TPSA) is 47.9 Å². The number of hydrogen-bond acceptors (Lipinski definition) is 4. The van der Waals surface area contributed by atoms with Crippen LogP contribution in [0.3, 0.4) is 0 Å². The van der Waals surface area contributed by atoms with E-state index in [4.69, 9.17) is 18.6 Å². The second kappa shape index (κ2) is 6.69. The number of furan rings is 1. The molecule has 4 heteroatoms. The number of rotatable bonds is 4. The van der Waals surface area contributed by atoms with Crippen LogP contribution in [0.2, 0.25) is 0 Å². The number of fused-ring (bicyclic) bond motifs is 1. The van der Waals surface area contributed by atoms with Crippen molar-refractivity contribution in [1.82, 2.24) is 0 Å². The van der Waals surface area contributed by atoms with Gasteiger partial charge in [-0.25, -0.2) is 0 Å². The summed E-state index contributed by atoms with van der Waals surface area (Å²) in [4.78, 5) is 4.72. The van der Waals surface area contributed by atoms with Crippen LogP contribution in [0.5, 0.6) is 5.75 Å². The summed E-state index contributed by atoms with van der Waals surface area (Å²) in [6.07, 6.45) is 1.66. The Balaban J connectivity index is 1.84. The van der Waals surface area contributed by atoms with Crippen molar-refractivity contribution in [1.29, 1.82) is 0 Å². The van der Waals surface area contributed by atoms with Gasteiger partial charge in [-0.1, -0.05) is 12.1 Å². The van der Waals surface area contributed by atoms with E-state index >= 15 is 0 Å². The minimum Gasteiger partial charge on any atom is -0.497 e. The highest BCUT2D eigenvalue weighted by Gasteiger charge is 2.06. The molecule has 4 nitrogen and oxygen atoms in total. The van der Waals surface area contributed by atoms with Crippen LogP contribution in [0.15, 0.2) is 86.8 Å². The zero-order valence-corrected chi connectivity index (χ0v) is 13.8. The lowest BCUT2D eigenvalue weighted by Crippen LogP contribution is -2.04. The Hall–Kier alpha value is -3.27. The van der Waals surface area contributed by atoms with Crippen LogP contribution in [-0.2, 0) is 6.54 Å². The van der Waals surface area contributed by atoms with E-state index in [1.807, 2.05) is 66.7 Å². The summed E-state index contributed by atoms with van der Waals surface area (Å²) < 4.78 is 16.7. The molecule has 0 saturated carbocycles. The van der Waals surface area contributed by atoms with Crippen LogP contribution in [0, 0.1) is 0 Å². The number of ether oxygens (including phenoxy) is 1. The lowest BCUT2D eigenvalue weighted by Gasteiger charge is -2.06. The summed E-state index contributed by atoms with van der Waals surface area (Å²) in [5.74, 6) is 2.41. The Bertz CT molecular complexity index is 1040. The molecule has 0 saturated heterocycles. The van der Waals surface area contributed by atoms with E-state index in [1.54, 1.807) is 13.4 Å². The van der Waals surface area contributed by atoms with Gasteiger partial charge >= 0.3 is 0 Å². The van der Waals surface area contributed by atoms with Gasteiger partial charge in [-0.15, -0.1) is 0 Å². The Morgan fingerprint density at radius 3 is 2.56 bits per heavy atom. The number of hydrogen-bond donors (Lipinski definition) is 0. The van der Waals surface area contributed by atoms with Gasteiger partial charge in [0.2, 0.25) is 0 Å². The lowest BCUT2D eigenvalue weighted by molar-refractivity contribution is 0.415. The zero-order chi connectivity index (χ0) is 17.1. The fourth-order valence-corrected chi connectivity index (χ4v) is 2.71. The van der Waals surface area contributed by atoms with Crippen LogP contribution in [0.1, 0.15) is 5.76 Å². The first kappa shape index (κ1) is 15.3. The van der Waals surface area contributed by atoms with Crippen molar-refractivity contribution < 1.29 is 13.6 Å². The first-order valence-electron chi connectivity index (χ1n) is 8.04. The quantitative estimate of drug-likeness (QED) is 0.539. The standard InChI is InChI=1S/C21H17NO3/c1-23-16-10-8-15(9-11-16)21-13-19(22-14-17-5-4-12-24-17)18-6-2-3-7-20(18)25-21/h2-13H,14H2,1H3. The third-order valence-electron chi connectivity index (χ3n) is 4.01. The molecule has 25 heavy (non-hydrogen) atoms. The second-order valence-corrected chi connectivity index (χ2v) is 5.62. The fraction of sp³-hybridized carbons (Fsp3) is 0.0952. The van der Waals surface area contributed by atoms with E-state index in [0.29, 0.717) is 6.54 Å². The summed E-state index contributed by atoms with van der Waals surface area (Å²) in [6, 6.07) is 21.4. The van der Waals surface area contributed by atoms with Crippen LogP contribution in [0.4, 0.5) is 0 Å². The van der Waals surface area contributed by atoms with Crippen molar-refractivity contribution in [3.63, 3.8) is 0 Å². The van der Waals surface area contributed by atoms with Crippen LogP contribution < -0.4 is 10.1 Å². The molecule has 0 aliphatic carbocycles. The van der Waals surface area contributed by atoms with Gasteiger partial charge < -0.3 is 13.6 Å². The van der Waals surface area contributed by atoms with E-state index in [1.165, 1.54) is 0 Å². The van der Waals surface area contributed by atoms with E-state index in [9.17, 15) is 0 Å². The molecule has 2 aromatic carbocycles. The Kier molecular flexibility index (Phi) is 4.09. The molecule has 4 aromatic rings. The molecule has 0 amide bonds. The molecule has 124 valence electrons. The monoisotopic (exact) mass is 331 g/mol. The Morgan fingerprint density at radius 2 is 1.80 bits per heavy atom. The summed E-state index contributed by atoms with van der Waals surface area (Å²) in [6.45, 7) is 0.489. The average molecular weight is 331 g/mol. The van der Waals surface area contributed by atoms with E-state index in [-0.39, 0.29) is 0 Å². The molecule has 2 aromatic heterocycles. The third-order valence-corrected chi connectivity index (χ3v) is 4.01. The highest BCUT2D eigenvalue weighted by atomic mass is 16.5. The zero-order valence-electron chi connectivity index (χ0n) is 13.8. The van der Waals surface area contributed by atoms with Gasteiger partial charge in [-0.2, -0.15) is 0 Å². The molecule has 0 atom stereocenters. The molecule has 0 fully saturated rings. The highest BCUT2D eigenvalue weighted by molar-refractivity contribution is 5.78. The largest absolute Gasteiger partial charge is 0.497 e. The Morgan fingerprint density at radius 1 is 0.960 bits per heavy atom. The first-order chi connectivity index (χ1) is 12.3. The molecule has 4 rings (SSSR count). The van der Waals surface area contributed by atoms with E-state index in [2.05, 4.69) is 0 Å². The summed E-state index contributed by atoms with van der Waals surface area (Å²) in [5, 5.41) is 1.86. The van der Waals surface area contributed by atoms with Crippen LogP contribution in [-0.4, -0.2) is 7.11 Å². The maximum atomic E-state index is 6.07. The molecule has 0 N–H and O–H groups in total. The minimum atomic E-state index is 0.489. The molecule has 0 radical (unpaired) electrons. The summed E-state index contributed by atoms with van der Waals surface area (Å²) in [7, 11) is 1.65. The molecule has 0 aliphatic heterocycles. The summed E-state index contributed by atoms with van der Waals surface area (Å²) in [5.41, 5.74) is 1.77. The van der Waals surface area contributed by atoms with Crippen molar-refractivity contribution >= 4 is 11.0 Å². The van der Waals surface area contributed by atoms with E-state index < -0.39 is 0 Å². The average Bonchev–Trinajstić information content (AvgIpc) is 3.19. The Labute approximate surface area is 145 Å². The number of para-hydroxylation sites is 1. The molecule has 2 heterocycles. The van der Waals surface area contributed by atoms with Gasteiger partial charge in [0.05, 0.1) is 25.3 Å². The molecular formula is C21H17NO3. The van der Waals surface area contributed by atoms with Crippen LogP contribution >= 0.6 is 0 Å². The smallest absolute Gasteiger partial charge is 0.136 e. The van der Waals surface area contributed by atoms with Crippen molar-refractivity contribution in [3.8, 4) is 17.1 Å². The molecule has 0 spiro atoms. The van der Waals surface area contributed by atoms with Crippen molar-refractivity contribution in [2.24, 2.45) is 4.99 Å². The summed E-state index contributed by atoms with van der Waals surface area (Å²) >= 11 is 0. The predicted octanol–water partition coefficient (Wildman–Crippen LogP) is 4.80.